The fourth-order valence-electron chi connectivity index (χ4n) is 3.55. The summed E-state index contributed by atoms with van der Waals surface area (Å²) in [7, 11) is 0. The lowest BCUT2D eigenvalue weighted by Crippen LogP contribution is -2.39. The number of carboxylic acid groups (broad SMARTS) is 1. The van der Waals surface area contributed by atoms with E-state index in [-0.39, 0.29) is 17.2 Å². The molecule has 4 rings (SSSR count). The summed E-state index contributed by atoms with van der Waals surface area (Å²) in [4.78, 5) is 11.2. The Kier molecular flexibility index (Phi) is 1.88. The Balaban J connectivity index is 2.03. The van der Waals surface area contributed by atoms with Crippen LogP contribution in [0.5, 0.6) is 0 Å². The number of hydrogen-bond donors (Lipinski definition) is 1. The summed E-state index contributed by atoms with van der Waals surface area (Å²) in [5.41, 5.74) is 0.590. The van der Waals surface area contributed by atoms with Crippen LogP contribution in [0.15, 0.2) is 24.3 Å². The van der Waals surface area contributed by atoms with Crippen molar-refractivity contribution in [3.8, 4) is 0 Å². The van der Waals surface area contributed by atoms with Crippen LogP contribution in [0.3, 0.4) is 0 Å². The summed E-state index contributed by atoms with van der Waals surface area (Å²) >= 11 is 0. The molecule has 3 fully saturated rings. The quantitative estimate of drug-likeness (QED) is 0.831. The number of carboxylic acids is 1. The van der Waals surface area contributed by atoms with Gasteiger partial charge in [0.15, 0.2) is 0 Å². The molecule has 0 spiro atoms. The molecule has 1 aromatic rings. The minimum atomic E-state index is -0.732. The summed E-state index contributed by atoms with van der Waals surface area (Å²) in [6.45, 7) is 0. The van der Waals surface area contributed by atoms with Crippen molar-refractivity contribution in [1.29, 1.82) is 0 Å². The first-order chi connectivity index (χ1) is 7.62. The largest absolute Gasteiger partial charge is 0.481 e. The van der Waals surface area contributed by atoms with Crippen LogP contribution < -0.4 is 0 Å². The average Bonchev–Trinajstić information content (AvgIpc) is 2.71. The smallest absolute Gasteiger partial charge is 0.307 e. The molecule has 3 aliphatic rings. The zero-order valence-electron chi connectivity index (χ0n) is 8.82. The van der Waals surface area contributed by atoms with Gasteiger partial charge in [-0.1, -0.05) is 12.1 Å². The van der Waals surface area contributed by atoms with Gasteiger partial charge < -0.3 is 5.11 Å². The van der Waals surface area contributed by atoms with Crippen molar-refractivity contribution in [2.75, 3.05) is 0 Å². The van der Waals surface area contributed by atoms with Crippen molar-refractivity contribution < 1.29 is 14.3 Å². The molecule has 0 aromatic heterocycles. The van der Waals surface area contributed by atoms with Crippen LogP contribution >= 0.6 is 0 Å². The maximum atomic E-state index is 13.2. The SMILES string of the molecule is O=C(O)C1CC2CC1(c1cccc(F)c1)C2. The molecule has 2 nitrogen and oxygen atoms in total. The first-order valence-electron chi connectivity index (χ1n) is 5.61. The van der Waals surface area contributed by atoms with Crippen LogP contribution in [-0.4, -0.2) is 11.1 Å². The van der Waals surface area contributed by atoms with Crippen LogP contribution in [0.4, 0.5) is 4.39 Å². The van der Waals surface area contributed by atoms with E-state index >= 15 is 0 Å². The Bertz CT molecular complexity index is 449. The number of fused-ring (bicyclic) bond motifs is 1. The maximum absolute atomic E-state index is 13.2. The summed E-state index contributed by atoms with van der Waals surface area (Å²) < 4.78 is 13.2. The van der Waals surface area contributed by atoms with Gasteiger partial charge in [-0.3, -0.25) is 4.79 Å². The predicted octanol–water partition coefficient (Wildman–Crippen LogP) is 2.58. The number of hydrogen-bond acceptors (Lipinski definition) is 1. The second kappa shape index (κ2) is 3.06. The van der Waals surface area contributed by atoms with Crippen LogP contribution in [0.25, 0.3) is 0 Å². The van der Waals surface area contributed by atoms with Crippen LogP contribution in [0.2, 0.25) is 0 Å². The minimum Gasteiger partial charge on any atom is -0.481 e. The highest BCUT2D eigenvalue weighted by Gasteiger charge is 2.60. The van der Waals surface area contributed by atoms with Crippen molar-refractivity contribution in [3.63, 3.8) is 0 Å². The highest BCUT2D eigenvalue weighted by atomic mass is 19.1. The third-order valence-corrected chi connectivity index (χ3v) is 4.24. The molecule has 84 valence electrons. The number of rotatable bonds is 2. The fraction of sp³-hybridized carbons (Fsp3) is 0.462. The van der Waals surface area contributed by atoms with E-state index in [0.29, 0.717) is 5.92 Å². The van der Waals surface area contributed by atoms with Gasteiger partial charge in [0.25, 0.3) is 0 Å². The van der Waals surface area contributed by atoms with E-state index in [0.717, 1.165) is 24.8 Å². The standard InChI is InChI=1S/C13H13FO2/c14-10-3-1-2-9(5-10)13-6-8(7-13)4-11(13)12(15)16/h1-3,5,8,11H,4,6-7H2,(H,15,16). The Labute approximate surface area is 93.1 Å². The lowest BCUT2D eigenvalue weighted by atomic mass is 9.62. The second-order valence-corrected chi connectivity index (χ2v) is 5.07. The van der Waals surface area contributed by atoms with Crippen LogP contribution in [0.1, 0.15) is 24.8 Å². The number of halogens is 1. The molecule has 0 radical (unpaired) electrons. The van der Waals surface area contributed by atoms with E-state index in [1.165, 1.54) is 12.1 Å². The normalized spacial score (nSPS) is 35.8. The summed E-state index contributed by atoms with van der Waals surface area (Å²) in [6, 6.07) is 6.43. The predicted molar refractivity (Wildman–Crippen MR) is 56.5 cm³/mol. The monoisotopic (exact) mass is 220 g/mol. The highest BCUT2D eigenvalue weighted by molar-refractivity contribution is 5.74. The fourth-order valence-corrected chi connectivity index (χ4v) is 3.55. The lowest BCUT2D eigenvalue weighted by Gasteiger charge is -2.41. The lowest BCUT2D eigenvalue weighted by molar-refractivity contribution is -0.143. The Morgan fingerprint density at radius 1 is 1.44 bits per heavy atom. The number of carbonyl (C=O) groups is 1. The van der Waals surface area contributed by atoms with Gasteiger partial charge >= 0.3 is 5.97 Å². The zero-order valence-corrected chi connectivity index (χ0v) is 8.82. The van der Waals surface area contributed by atoms with Crippen molar-refractivity contribution in [2.45, 2.75) is 24.7 Å². The molecule has 2 bridgehead atoms. The Morgan fingerprint density at radius 3 is 2.81 bits per heavy atom. The van der Waals surface area contributed by atoms with Gasteiger partial charge in [0, 0.05) is 5.41 Å². The first kappa shape index (κ1) is 9.82. The van der Waals surface area contributed by atoms with Gasteiger partial charge in [-0.15, -0.1) is 0 Å². The van der Waals surface area contributed by atoms with E-state index in [1.54, 1.807) is 6.07 Å². The van der Waals surface area contributed by atoms with Crippen LogP contribution in [0, 0.1) is 17.7 Å². The third-order valence-electron chi connectivity index (χ3n) is 4.24. The van der Waals surface area contributed by atoms with Crippen molar-refractivity contribution in [3.05, 3.63) is 35.6 Å². The van der Waals surface area contributed by atoms with Gasteiger partial charge in [-0.2, -0.15) is 0 Å². The van der Waals surface area contributed by atoms with Crippen molar-refractivity contribution >= 4 is 5.97 Å². The van der Waals surface area contributed by atoms with E-state index in [1.807, 2.05) is 6.07 Å². The van der Waals surface area contributed by atoms with Crippen molar-refractivity contribution in [2.24, 2.45) is 11.8 Å². The molecule has 16 heavy (non-hydrogen) atoms. The Hall–Kier alpha value is -1.38. The molecule has 1 unspecified atom stereocenters. The maximum Gasteiger partial charge on any atom is 0.307 e. The number of aliphatic carboxylic acids is 1. The molecular formula is C13H13FO2. The second-order valence-electron chi connectivity index (χ2n) is 5.07. The summed E-state index contributed by atoms with van der Waals surface area (Å²) in [5, 5.41) is 9.21. The van der Waals surface area contributed by atoms with E-state index in [4.69, 9.17) is 0 Å². The van der Waals surface area contributed by atoms with Gasteiger partial charge in [0.1, 0.15) is 5.82 Å². The molecule has 0 amide bonds. The summed E-state index contributed by atoms with van der Waals surface area (Å²) in [6.07, 6.45) is 2.58. The Morgan fingerprint density at radius 2 is 2.19 bits per heavy atom. The molecule has 1 atom stereocenters. The van der Waals surface area contributed by atoms with Gasteiger partial charge in [0.2, 0.25) is 0 Å². The first-order valence-corrected chi connectivity index (χ1v) is 5.61. The molecule has 0 aliphatic heterocycles. The molecular weight excluding hydrogens is 207 g/mol. The molecule has 3 heteroatoms. The topological polar surface area (TPSA) is 37.3 Å². The molecule has 0 heterocycles. The van der Waals surface area contributed by atoms with E-state index in [9.17, 15) is 14.3 Å². The van der Waals surface area contributed by atoms with Crippen molar-refractivity contribution in [1.82, 2.24) is 0 Å². The molecule has 1 aromatic carbocycles. The molecule has 1 N–H and O–H groups in total. The highest BCUT2D eigenvalue weighted by Crippen LogP contribution is 2.63. The third kappa shape index (κ3) is 1.14. The van der Waals surface area contributed by atoms with Gasteiger partial charge in [0.05, 0.1) is 5.92 Å². The van der Waals surface area contributed by atoms with Gasteiger partial charge in [-0.25, -0.2) is 4.39 Å². The minimum absolute atomic E-state index is 0.272. The average molecular weight is 220 g/mol. The molecule has 0 saturated heterocycles. The molecule has 3 saturated carbocycles. The molecule has 3 aliphatic carbocycles. The van der Waals surface area contributed by atoms with Crippen LogP contribution in [-0.2, 0) is 10.2 Å². The zero-order chi connectivity index (χ0) is 11.3. The van der Waals surface area contributed by atoms with E-state index in [2.05, 4.69) is 0 Å². The number of benzene rings is 1. The summed E-state index contributed by atoms with van der Waals surface area (Å²) in [5.74, 6) is -0.792. The van der Waals surface area contributed by atoms with Gasteiger partial charge in [-0.05, 0) is 42.9 Å². The van der Waals surface area contributed by atoms with E-state index < -0.39 is 5.97 Å².